The van der Waals surface area contributed by atoms with Crippen molar-refractivity contribution in [2.24, 2.45) is 0 Å². The summed E-state index contributed by atoms with van der Waals surface area (Å²) in [5.74, 6) is 0.0115. The van der Waals surface area contributed by atoms with E-state index >= 15 is 0 Å². The van der Waals surface area contributed by atoms with Crippen molar-refractivity contribution in [1.82, 2.24) is 4.98 Å². The molecule has 0 saturated carbocycles. The second kappa shape index (κ2) is 7.64. The number of rotatable bonds is 5. The highest BCUT2D eigenvalue weighted by Crippen LogP contribution is 2.31. The molecule has 25 heavy (non-hydrogen) atoms. The third kappa shape index (κ3) is 4.08. The lowest BCUT2D eigenvalue weighted by molar-refractivity contribution is -0.856. The Labute approximate surface area is 160 Å². The Bertz CT molecular complexity index is 907. The van der Waals surface area contributed by atoms with Gasteiger partial charge in [0.05, 0.1) is 37.4 Å². The molecule has 0 aliphatic rings. The van der Waals surface area contributed by atoms with E-state index in [0.29, 0.717) is 6.54 Å². The molecule has 0 unspecified atom stereocenters. The highest BCUT2D eigenvalue weighted by Gasteiger charge is 2.23. The van der Waals surface area contributed by atoms with Crippen LogP contribution in [0.15, 0.2) is 46.9 Å². The zero-order valence-corrected chi connectivity index (χ0v) is 16.9. The first-order valence-corrected chi connectivity index (χ1v) is 9.79. The molecule has 0 saturated heterocycles. The quantitative estimate of drug-likeness (QED) is 0.690. The third-order valence-electron chi connectivity index (χ3n) is 4.03. The molecule has 0 fully saturated rings. The highest BCUT2D eigenvalue weighted by molar-refractivity contribution is 9.10. The number of nitrogens with zero attached hydrogens (tertiary/aromatic N) is 2. The lowest BCUT2D eigenvalue weighted by atomic mass is 10.1. The van der Waals surface area contributed by atoms with Gasteiger partial charge >= 0.3 is 0 Å². The van der Waals surface area contributed by atoms with Crippen molar-refractivity contribution < 1.29 is 9.69 Å². The summed E-state index contributed by atoms with van der Waals surface area (Å²) < 4.78 is 2.09. The Hall–Kier alpha value is -1.76. The van der Waals surface area contributed by atoms with Crippen molar-refractivity contribution in [2.75, 3.05) is 32.1 Å². The number of carbonyl (C=O) groups is 1. The van der Waals surface area contributed by atoms with Gasteiger partial charge in [0.25, 0.3) is 5.91 Å². The Kier molecular flexibility index (Phi) is 5.51. The van der Waals surface area contributed by atoms with E-state index in [0.717, 1.165) is 37.5 Å². The number of hydrogen-bond acceptors (Lipinski definition) is 3. The second-order valence-electron chi connectivity index (χ2n) is 6.34. The van der Waals surface area contributed by atoms with Gasteiger partial charge in [-0.1, -0.05) is 45.5 Å². The van der Waals surface area contributed by atoms with Crippen LogP contribution in [0.3, 0.4) is 0 Å². The summed E-state index contributed by atoms with van der Waals surface area (Å²) in [5, 5.41) is 0.752. The highest BCUT2D eigenvalue weighted by atomic mass is 79.9. The first-order chi connectivity index (χ1) is 12.0. The fraction of sp³-hybridized carbons (Fsp3) is 0.263. The van der Waals surface area contributed by atoms with Gasteiger partial charge in [0.1, 0.15) is 0 Å². The fourth-order valence-corrected chi connectivity index (χ4v) is 4.12. The monoisotopic (exact) mass is 418 g/mol. The van der Waals surface area contributed by atoms with E-state index in [-0.39, 0.29) is 5.91 Å². The predicted octanol–water partition coefficient (Wildman–Crippen LogP) is 3.16. The van der Waals surface area contributed by atoms with Gasteiger partial charge < -0.3 is 4.90 Å². The van der Waals surface area contributed by atoms with Crippen LogP contribution < -0.4 is 9.80 Å². The average molecular weight is 419 g/mol. The predicted molar refractivity (Wildman–Crippen MR) is 108 cm³/mol. The number of aromatic nitrogens is 1. The molecule has 3 aromatic rings. The molecule has 1 amide bonds. The maximum absolute atomic E-state index is 13.2. The molecule has 0 atom stereocenters. The van der Waals surface area contributed by atoms with Gasteiger partial charge in [-0.2, -0.15) is 0 Å². The number of benzene rings is 2. The van der Waals surface area contributed by atoms with Crippen molar-refractivity contribution in [2.45, 2.75) is 6.92 Å². The van der Waals surface area contributed by atoms with Gasteiger partial charge in [-0.3, -0.25) is 9.69 Å². The Balaban J connectivity index is 2.01. The molecule has 4 nitrogen and oxygen atoms in total. The number of thiazole rings is 1. The Morgan fingerprint density at radius 3 is 2.72 bits per heavy atom. The minimum absolute atomic E-state index is 0.0115. The van der Waals surface area contributed by atoms with Crippen molar-refractivity contribution in [3.05, 3.63) is 58.1 Å². The van der Waals surface area contributed by atoms with E-state index in [9.17, 15) is 4.79 Å². The van der Waals surface area contributed by atoms with E-state index in [1.165, 1.54) is 4.90 Å². The molecule has 0 bridgehead atoms. The normalized spacial score (nSPS) is 11.2. The van der Waals surface area contributed by atoms with Crippen LogP contribution in [0.1, 0.15) is 15.9 Å². The molecular formula is C19H21BrN3OS+. The lowest BCUT2D eigenvalue weighted by Gasteiger charge is -2.21. The van der Waals surface area contributed by atoms with E-state index in [1.54, 1.807) is 11.3 Å². The third-order valence-corrected chi connectivity index (χ3v) is 5.56. The molecule has 2 aromatic carbocycles. The number of fused-ring (bicyclic) bond motifs is 1. The van der Waals surface area contributed by atoms with E-state index in [2.05, 4.69) is 30.0 Å². The second-order valence-corrected chi connectivity index (χ2v) is 8.26. The largest absolute Gasteiger partial charge is 0.338 e. The number of hydrogen-bond donors (Lipinski definition) is 1. The van der Waals surface area contributed by atoms with Crippen molar-refractivity contribution in [3.63, 3.8) is 0 Å². The van der Waals surface area contributed by atoms with Gasteiger partial charge in [-0.05, 0) is 36.8 Å². The molecule has 0 spiro atoms. The minimum Gasteiger partial charge on any atom is -0.338 e. The number of halogens is 1. The summed E-state index contributed by atoms with van der Waals surface area (Å²) in [5.41, 5.74) is 2.64. The van der Waals surface area contributed by atoms with Gasteiger partial charge in [0, 0.05) is 10.0 Å². The SMILES string of the molecule is Cc1ccccc1C(=O)N(CC[NH+](C)C)c1nc2ccc(Br)cc2s1. The Morgan fingerprint density at radius 2 is 2.00 bits per heavy atom. The number of anilines is 1. The van der Waals surface area contributed by atoms with E-state index in [4.69, 9.17) is 4.98 Å². The maximum atomic E-state index is 13.2. The molecule has 0 aliphatic carbocycles. The summed E-state index contributed by atoms with van der Waals surface area (Å²) in [6, 6.07) is 13.7. The molecule has 3 rings (SSSR count). The van der Waals surface area contributed by atoms with Gasteiger partial charge in [0.2, 0.25) is 0 Å². The molecule has 1 aromatic heterocycles. The van der Waals surface area contributed by atoms with Crippen molar-refractivity contribution in [1.29, 1.82) is 0 Å². The van der Waals surface area contributed by atoms with Crippen LogP contribution in [0, 0.1) is 6.92 Å². The first kappa shape index (κ1) is 18.0. The zero-order chi connectivity index (χ0) is 18.0. The summed E-state index contributed by atoms with van der Waals surface area (Å²) in [7, 11) is 4.18. The summed E-state index contributed by atoms with van der Waals surface area (Å²) in [4.78, 5) is 21.0. The van der Waals surface area contributed by atoms with Crippen LogP contribution in [-0.4, -0.2) is 38.1 Å². The smallest absolute Gasteiger partial charge is 0.260 e. The number of likely N-dealkylation sites (N-methyl/N-ethyl adjacent to an activating group) is 1. The molecule has 1 N–H and O–H groups in total. The average Bonchev–Trinajstić information content (AvgIpc) is 2.97. The van der Waals surface area contributed by atoms with Crippen LogP contribution in [-0.2, 0) is 0 Å². The topological polar surface area (TPSA) is 37.6 Å². The molecule has 130 valence electrons. The lowest BCUT2D eigenvalue weighted by Crippen LogP contribution is -3.06. The first-order valence-electron chi connectivity index (χ1n) is 8.18. The number of amides is 1. The molecule has 0 radical (unpaired) electrons. The minimum atomic E-state index is 0.0115. The molecular weight excluding hydrogens is 398 g/mol. The summed E-state index contributed by atoms with van der Waals surface area (Å²) in [6.07, 6.45) is 0. The molecule has 6 heteroatoms. The number of carbonyl (C=O) groups excluding carboxylic acids is 1. The molecule has 0 aliphatic heterocycles. The number of nitrogens with one attached hydrogen (secondary N) is 1. The van der Waals surface area contributed by atoms with Gasteiger partial charge in [-0.15, -0.1) is 0 Å². The number of quaternary nitrogens is 1. The summed E-state index contributed by atoms with van der Waals surface area (Å²) in [6.45, 7) is 3.46. The van der Waals surface area contributed by atoms with Gasteiger partial charge in [-0.25, -0.2) is 4.98 Å². The zero-order valence-electron chi connectivity index (χ0n) is 14.5. The van der Waals surface area contributed by atoms with Crippen LogP contribution in [0.5, 0.6) is 0 Å². The van der Waals surface area contributed by atoms with Crippen LogP contribution in [0.4, 0.5) is 5.13 Å². The number of aryl methyl sites for hydroxylation is 1. The summed E-state index contributed by atoms with van der Waals surface area (Å²) >= 11 is 5.05. The molecule has 1 heterocycles. The fourth-order valence-electron chi connectivity index (χ4n) is 2.58. The van der Waals surface area contributed by atoms with E-state index < -0.39 is 0 Å². The van der Waals surface area contributed by atoms with Gasteiger partial charge in [0.15, 0.2) is 5.13 Å². The van der Waals surface area contributed by atoms with Crippen LogP contribution >= 0.6 is 27.3 Å². The van der Waals surface area contributed by atoms with Crippen molar-refractivity contribution >= 4 is 48.5 Å². The van der Waals surface area contributed by atoms with Crippen LogP contribution in [0.2, 0.25) is 0 Å². The van der Waals surface area contributed by atoms with Crippen LogP contribution in [0.25, 0.3) is 10.2 Å². The van der Waals surface area contributed by atoms with Crippen molar-refractivity contribution in [3.8, 4) is 0 Å². The standard InChI is InChI=1S/C19H20BrN3OS/c1-13-6-4-5-7-15(13)18(24)23(11-10-22(2)3)19-21-16-9-8-14(20)12-17(16)25-19/h4-9,12H,10-11H2,1-3H3/p+1. The Morgan fingerprint density at radius 1 is 1.24 bits per heavy atom. The maximum Gasteiger partial charge on any atom is 0.260 e. The van der Waals surface area contributed by atoms with E-state index in [1.807, 2.05) is 54.3 Å².